The van der Waals surface area contributed by atoms with Crippen molar-refractivity contribution in [2.24, 2.45) is 11.7 Å². The second-order valence-electron chi connectivity index (χ2n) is 7.18. The number of carbonyl (C=O) groups is 1. The Morgan fingerprint density at radius 1 is 1.36 bits per heavy atom. The number of primary amides is 1. The molecule has 28 heavy (non-hydrogen) atoms. The van der Waals surface area contributed by atoms with Gasteiger partial charge in [-0.3, -0.25) is 4.79 Å². The average molecular weight is 403 g/mol. The standard InChI is InChI=1S/C19H23N5O3S/c1-11-21-19-24(22-11)18(26)16(28-19)15(12-3-5-14(27-2)6-4-12)23-9-7-13(8-10-23)17(20)25/h3-6,13,15,26H,7-10H2,1-2H3,(H2,20,25)/p+1/t15-/m1/s1. The van der Waals surface area contributed by atoms with Gasteiger partial charge < -0.3 is 20.5 Å². The molecule has 0 saturated carbocycles. The molecule has 3 heterocycles. The number of nitrogens with zero attached hydrogens (tertiary/aromatic N) is 3. The molecule has 1 atom stereocenters. The van der Waals surface area contributed by atoms with Crippen molar-refractivity contribution in [1.29, 1.82) is 0 Å². The van der Waals surface area contributed by atoms with Gasteiger partial charge in [0.15, 0.2) is 6.04 Å². The normalized spacial score (nSPS) is 20.9. The van der Waals surface area contributed by atoms with Gasteiger partial charge in [0, 0.05) is 24.3 Å². The smallest absolute Gasteiger partial charge is 0.235 e. The fourth-order valence-corrected chi connectivity index (χ4v) is 5.15. The number of carbonyl (C=O) groups excluding carboxylic acids is 1. The summed E-state index contributed by atoms with van der Waals surface area (Å²) in [5.41, 5.74) is 6.57. The number of hydrogen-bond acceptors (Lipinski definition) is 6. The van der Waals surface area contributed by atoms with Crippen molar-refractivity contribution in [2.45, 2.75) is 25.8 Å². The molecule has 1 amide bonds. The topological polar surface area (TPSA) is 107 Å². The van der Waals surface area contributed by atoms with E-state index in [-0.39, 0.29) is 23.7 Å². The molecule has 3 aromatic rings. The zero-order valence-electron chi connectivity index (χ0n) is 15.9. The summed E-state index contributed by atoms with van der Waals surface area (Å²) in [6.45, 7) is 3.41. The van der Waals surface area contributed by atoms with Crippen LogP contribution in [0.25, 0.3) is 4.96 Å². The molecule has 1 aromatic carbocycles. The first kappa shape index (κ1) is 18.7. The summed E-state index contributed by atoms with van der Waals surface area (Å²) in [7, 11) is 1.64. The Morgan fingerprint density at radius 2 is 2.04 bits per heavy atom. The number of nitrogens with one attached hydrogen (secondary N) is 1. The minimum Gasteiger partial charge on any atom is -0.497 e. The number of rotatable bonds is 5. The van der Waals surface area contributed by atoms with Crippen molar-refractivity contribution in [3.63, 3.8) is 0 Å². The van der Waals surface area contributed by atoms with Crippen molar-refractivity contribution in [3.05, 3.63) is 40.5 Å². The molecule has 1 saturated heterocycles. The van der Waals surface area contributed by atoms with E-state index in [9.17, 15) is 9.90 Å². The first-order valence-corrected chi connectivity index (χ1v) is 10.1. The van der Waals surface area contributed by atoms with Gasteiger partial charge in [0.2, 0.25) is 16.7 Å². The minimum atomic E-state index is -0.225. The van der Waals surface area contributed by atoms with Gasteiger partial charge in [0.1, 0.15) is 16.5 Å². The van der Waals surface area contributed by atoms with E-state index < -0.39 is 0 Å². The van der Waals surface area contributed by atoms with E-state index in [1.165, 1.54) is 20.8 Å². The van der Waals surface area contributed by atoms with Gasteiger partial charge in [-0.2, -0.15) is 4.52 Å². The fraction of sp³-hybridized carbons (Fsp3) is 0.421. The number of hydrogen-bond donors (Lipinski definition) is 3. The number of ether oxygens (including phenoxy) is 1. The maximum absolute atomic E-state index is 11.6. The van der Waals surface area contributed by atoms with Crippen LogP contribution in [-0.4, -0.2) is 45.8 Å². The lowest BCUT2D eigenvalue weighted by atomic mass is 9.93. The SMILES string of the molecule is COc1ccc([C@H](c2sc3nc(C)nn3c2O)[NH+]2CCC(C(N)=O)CC2)cc1. The largest absolute Gasteiger partial charge is 0.497 e. The number of aromatic nitrogens is 3. The monoisotopic (exact) mass is 402 g/mol. The maximum atomic E-state index is 11.6. The van der Waals surface area contributed by atoms with Crippen LogP contribution in [0.4, 0.5) is 0 Å². The molecular formula is C19H24N5O3S+. The van der Waals surface area contributed by atoms with E-state index in [1.807, 2.05) is 24.3 Å². The molecule has 0 bridgehead atoms. The van der Waals surface area contributed by atoms with E-state index in [0.717, 1.165) is 42.1 Å². The second-order valence-corrected chi connectivity index (χ2v) is 8.19. The molecular weight excluding hydrogens is 378 g/mol. The molecule has 1 fully saturated rings. The van der Waals surface area contributed by atoms with Gasteiger partial charge in [-0.05, 0) is 31.2 Å². The van der Waals surface area contributed by atoms with Gasteiger partial charge in [-0.15, -0.1) is 5.10 Å². The van der Waals surface area contributed by atoms with E-state index in [4.69, 9.17) is 10.5 Å². The van der Waals surface area contributed by atoms with Crippen molar-refractivity contribution >= 4 is 22.2 Å². The van der Waals surface area contributed by atoms with Crippen molar-refractivity contribution in [2.75, 3.05) is 20.2 Å². The van der Waals surface area contributed by atoms with Gasteiger partial charge in [-0.25, -0.2) is 4.98 Å². The maximum Gasteiger partial charge on any atom is 0.235 e. The van der Waals surface area contributed by atoms with Crippen LogP contribution in [-0.2, 0) is 4.79 Å². The first-order valence-electron chi connectivity index (χ1n) is 9.30. The summed E-state index contributed by atoms with van der Waals surface area (Å²) >= 11 is 1.45. The highest BCUT2D eigenvalue weighted by Gasteiger charge is 2.36. The van der Waals surface area contributed by atoms with Crippen LogP contribution in [0.1, 0.15) is 35.1 Å². The molecule has 0 radical (unpaired) electrons. The van der Waals surface area contributed by atoms with Crippen LogP contribution < -0.4 is 15.4 Å². The number of fused-ring (bicyclic) bond motifs is 1. The lowest BCUT2D eigenvalue weighted by Gasteiger charge is -2.33. The number of aromatic hydroxyl groups is 1. The van der Waals surface area contributed by atoms with Crippen LogP contribution in [0.3, 0.4) is 0 Å². The Labute approximate surface area is 166 Å². The molecule has 0 unspecified atom stereocenters. The molecule has 148 valence electrons. The van der Waals surface area contributed by atoms with Crippen LogP contribution in [0, 0.1) is 12.8 Å². The highest BCUT2D eigenvalue weighted by atomic mass is 32.1. The number of piperidine rings is 1. The Bertz CT molecular complexity index is 989. The summed E-state index contributed by atoms with van der Waals surface area (Å²) in [5.74, 6) is 1.25. The lowest BCUT2D eigenvalue weighted by molar-refractivity contribution is -0.930. The number of methoxy groups -OCH3 is 1. The Hall–Kier alpha value is -2.65. The molecule has 4 rings (SSSR count). The number of thiazole rings is 1. The summed E-state index contributed by atoms with van der Waals surface area (Å²) < 4.78 is 6.79. The van der Waals surface area contributed by atoms with Gasteiger partial charge in [0.25, 0.3) is 0 Å². The highest BCUT2D eigenvalue weighted by Crippen LogP contribution is 2.35. The first-order chi connectivity index (χ1) is 13.5. The average Bonchev–Trinajstić information content (AvgIpc) is 3.20. The Morgan fingerprint density at radius 3 is 2.61 bits per heavy atom. The van der Waals surface area contributed by atoms with Crippen LogP contribution >= 0.6 is 11.3 Å². The second kappa shape index (κ2) is 7.40. The van der Waals surface area contributed by atoms with Crippen molar-refractivity contribution < 1.29 is 19.5 Å². The highest BCUT2D eigenvalue weighted by molar-refractivity contribution is 7.17. The molecule has 4 N–H and O–H groups in total. The summed E-state index contributed by atoms with van der Waals surface area (Å²) in [6.07, 6.45) is 1.50. The zero-order valence-corrected chi connectivity index (χ0v) is 16.7. The molecule has 9 heteroatoms. The number of aryl methyl sites for hydroxylation is 1. The molecule has 1 aliphatic rings. The third-order valence-electron chi connectivity index (χ3n) is 5.46. The molecule has 0 spiro atoms. The lowest BCUT2D eigenvalue weighted by Crippen LogP contribution is -3.13. The Kier molecular flexibility index (Phi) is 4.94. The molecule has 1 aliphatic heterocycles. The van der Waals surface area contributed by atoms with Gasteiger partial charge >= 0.3 is 0 Å². The third kappa shape index (κ3) is 3.31. The summed E-state index contributed by atoms with van der Waals surface area (Å²) in [5, 5.41) is 15.2. The van der Waals surface area contributed by atoms with E-state index in [2.05, 4.69) is 10.1 Å². The van der Waals surface area contributed by atoms with Gasteiger partial charge in [-0.1, -0.05) is 11.3 Å². The predicted molar refractivity (Wildman–Crippen MR) is 105 cm³/mol. The van der Waals surface area contributed by atoms with E-state index >= 15 is 0 Å². The number of amides is 1. The minimum absolute atomic E-state index is 0.0705. The Balaban J connectivity index is 1.73. The van der Waals surface area contributed by atoms with Gasteiger partial charge in [0.05, 0.1) is 20.2 Å². The van der Waals surface area contributed by atoms with E-state index in [0.29, 0.717) is 10.8 Å². The third-order valence-corrected chi connectivity index (χ3v) is 6.54. The molecule has 8 nitrogen and oxygen atoms in total. The zero-order chi connectivity index (χ0) is 19.8. The van der Waals surface area contributed by atoms with Crippen LogP contribution in [0.15, 0.2) is 24.3 Å². The number of nitrogens with two attached hydrogens (primary N) is 1. The predicted octanol–water partition coefficient (Wildman–Crippen LogP) is 0.683. The van der Waals surface area contributed by atoms with Crippen LogP contribution in [0.5, 0.6) is 11.6 Å². The van der Waals surface area contributed by atoms with Crippen molar-refractivity contribution in [1.82, 2.24) is 14.6 Å². The fourth-order valence-electron chi connectivity index (χ4n) is 3.97. The quantitative estimate of drug-likeness (QED) is 0.582. The van der Waals surface area contributed by atoms with E-state index in [1.54, 1.807) is 14.0 Å². The molecule has 2 aromatic heterocycles. The molecule has 0 aliphatic carbocycles. The van der Waals surface area contributed by atoms with Crippen LogP contribution in [0.2, 0.25) is 0 Å². The summed E-state index contributed by atoms with van der Waals surface area (Å²) in [4.78, 5) is 18.7. The number of benzene rings is 1. The number of likely N-dealkylation sites (tertiary alicyclic amines) is 1. The number of quaternary nitrogens is 1. The van der Waals surface area contributed by atoms with Crippen molar-refractivity contribution in [3.8, 4) is 11.6 Å². The summed E-state index contributed by atoms with van der Waals surface area (Å²) in [6, 6.07) is 7.83.